The molecule has 1 heterocycles. The van der Waals surface area contributed by atoms with E-state index in [1.54, 1.807) is 21.0 Å². The molecule has 0 radical (unpaired) electrons. The molecule has 0 aromatic rings. The van der Waals surface area contributed by atoms with Gasteiger partial charge in [0.2, 0.25) is 11.8 Å². The summed E-state index contributed by atoms with van der Waals surface area (Å²) in [5.41, 5.74) is -0.300. The van der Waals surface area contributed by atoms with Crippen molar-refractivity contribution in [1.29, 1.82) is 0 Å². The monoisotopic (exact) mass is 255 g/mol. The van der Waals surface area contributed by atoms with E-state index < -0.39 is 6.04 Å². The van der Waals surface area contributed by atoms with Gasteiger partial charge in [-0.15, -0.1) is 0 Å². The van der Waals surface area contributed by atoms with Crippen molar-refractivity contribution in [3.63, 3.8) is 0 Å². The lowest BCUT2D eigenvalue weighted by Crippen LogP contribution is -2.52. The average Bonchev–Trinajstić information content (AvgIpc) is 2.38. The molecule has 0 aliphatic carbocycles. The predicted molar refractivity (Wildman–Crippen MR) is 71.1 cm³/mol. The van der Waals surface area contributed by atoms with Gasteiger partial charge in [0.15, 0.2) is 0 Å². The molecule has 5 heteroatoms. The Morgan fingerprint density at radius 3 is 2.33 bits per heavy atom. The number of amides is 2. The van der Waals surface area contributed by atoms with Crippen LogP contribution >= 0.6 is 0 Å². The van der Waals surface area contributed by atoms with Gasteiger partial charge in [-0.25, -0.2) is 0 Å². The van der Waals surface area contributed by atoms with Crippen molar-refractivity contribution in [2.24, 2.45) is 5.41 Å². The predicted octanol–water partition coefficient (Wildman–Crippen LogP) is 0.359. The first-order valence-electron chi connectivity index (χ1n) is 6.66. The molecule has 18 heavy (non-hydrogen) atoms. The maximum atomic E-state index is 12.4. The highest BCUT2D eigenvalue weighted by Crippen LogP contribution is 2.32. The van der Waals surface area contributed by atoms with E-state index >= 15 is 0 Å². The zero-order valence-corrected chi connectivity index (χ0v) is 11.9. The van der Waals surface area contributed by atoms with Crippen molar-refractivity contribution < 1.29 is 9.59 Å². The Balaban J connectivity index is 2.65. The molecule has 0 saturated carbocycles. The Labute approximate surface area is 109 Å². The first kappa shape index (κ1) is 15.0. The van der Waals surface area contributed by atoms with Crippen LogP contribution in [0.5, 0.6) is 0 Å². The fourth-order valence-electron chi connectivity index (χ4n) is 2.45. The van der Waals surface area contributed by atoms with Gasteiger partial charge in [0.05, 0.1) is 5.41 Å². The normalized spacial score (nSPS) is 20.0. The van der Waals surface area contributed by atoms with Gasteiger partial charge < -0.3 is 15.5 Å². The second-order valence-electron chi connectivity index (χ2n) is 5.31. The minimum Gasteiger partial charge on any atom is -0.347 e. The Kier molecular flexibility index (Phi) is 5.14. The van der Waals surface area contributed by atoms with Crippen molar-refractivity contribution in [3.05, 3.63) is 0 Å². The molecule has 2 amide bonds. The lowest BCUT2D eigenvalue weighted by atomic mass is 9.75. The van der Waals surface area contributed by atoms with E-state index in [2.05, 4.69) is 10.6 Å². The highest BCUT2D eigenvalue weighted by atomic mass is 16.2. The number of carbonyl (C=O) groups excluding carboxylic acids is 2. The zero-order valence-electron chi connectivity index (χ0n) is 11.9. The molecule has 1 unspecified atom stereocenters. The summed E-state index contributed by atoms with van der Waals surface area (Å²) < 4.78 is 0. The van der Waals surface area contributed by atoms with E-state index in [1.807, 2.05) is 6.92 Å². The average molecular weight is 255 g/mol. The lowest BCUT2D eigenvalue weighted by Gasteiger charge is -2.36. The summed E-state index contributed by atoms with van der Waals surface area (Å²) >= 11 is 0. The molecule has 1 atom stereocenters. The van der Waals surface area contributed by atoms with E-state index in [4.69, 9.17) is 0 Å². The Morgan fingerprint density at radius 1 is 1.33 bits per heavy atom. The molecule has 1 aliphatic rings. The van der Waals surface area contributed by atoms with Gasteiger partial charge in [-0.1, -0.05) is 6.92 Å². The fraction of sp³-hybridized carbons (Fsp3) is 0.846. The van der Waals surface area contributed by atoms with Gasteiger partial charge in [-0.3, -0.25) is 9.59 Å². The lowest BCUT2D eigenvalue weighted by molar-refractivity contribution is -0.139. The maximum Gasteiger partial charge on any atom is 0.244 e. The summed E-state index contributed by atoms with van der Waals surface area (Å²) in [6.45, 7) is 5.53. The van der Waals surface area contributed by atoms with Crippen LogP contribution in [-0.2, 0) is 9.59 Å². The first-order valence-corrected chi connectivity index (χ1v) is 6.66. The summed E-state index contributed by atoms with van der Waals surface area (Å²) in [6.07, 6.45) is 2.51. The molecular formula is C13H25N3O2. The van der Waals surface area contributed by atoms with Crippen molar-refractivity contribution in [2.45, 2.75) is 39.2 Å². The van der Waals surface area contributed by atoms with Crippen molar-refractivity contribution >= 4 is 11.8 Å². The van der Waals surface area contributed by atoms with Crippen molar-refractivity contribution in [2.75, 3.05) is 27.2 Å². The second-order valence-corrected chi connectivity index (χ2v) is 5.31. The number of rotatable bonds is 4. The second kappa shape index (κ2) is 6.18. The maximum absolute atomic E-state index is 12.4. The van der Waals surface area contributed by atoms with E-state index in [9.17, 15) is 9.59 Å². The van der Waals surface area contributed by atoms with E-state index in [-0.39, 0.29) is 17.2 Å². The number of nitrogens with zero attached hydrogens (tertiary/aromatic N) is 1. The number of hydrogen-bond acceptors (Lipinski definition) is 3. The summed E-state index contributed by atoms with van der Waals surface area (Å²) in [6, 6.07) is -0.453. The third-order valence-electron chi connectivity index (χ3n) is 3.88. The smallest absolute Gasteiger partial charge is 0.244 e. The van der Waals surface area contributed by atoms with Gasteiger partial charge in [-0.2, -0.15) is 0 Å². The molecule has 1 fully saturated rings. The Hall–Kier alpha value is -1.10. The van der Waals surface area contributed by atoms with Crippen LogP contribution in [0, 0.1) is 5.41 Å². The molecule has 0 aromatic carbocycles. The van der Waals surface area contributed by atoms with Crippen LogP contribution in [0.15, 0.2) is 0 Å². The molecule has 0 aromatic heterocycles. The number of nitrogens with one attached hydrogen (secondary N) is 2. The highest BCUT2D eigenvalue weighted by molar-refractivity contribution is 5.89. The number of piperidine rings is 1. The van der Waals surface area contributed by atoms with Crippen molar-refractivity contribution in [3.8, 4) is 0 Å². The minimum atomic E-state index is -0.453. The number of hydrogen-bond donors (Lipinski definition) is 2. The summed E-state index contributed by atoms with van der Waals surface area (Å²) in [7, 11) is 3.40. The van der Waals surface area contributed by atoms with E-state index in [0.717, 1.165) is 32.4 Å². The van der Waals surface area contributed by atoms with E-state index in [1.165, 1.54) is 4.90 Å². The van der Waals surface area contributed by atoms with Crippen LogP contribution in [0.25, 0.3) is 0 Å². The molecule has 104 valence electrons. The SMILES string of the molecule is CCC1(C(=O)NC(C)C(=O)N(C)C)CCNCC1. The van der Waals surface area contributed by atoms with E-state index in [0.29, 0.717) is 0 Å². The first-order chi connectivity index (χ1) is 8.43. The molecule has 5 nitrogen and oxygen atoms in total. The van der Waals surface area contributed by atoms with Crippen LogP contribution in [0.2, 0.25) is 0 Å². The van der Waals surface area contributed by atoms with Crippen LogP contribution in [0.1, 0.15) is 33.1 Å². The third kappa shape index (κ3) is 3.22. The molecular weight excluding hydrogens is 230 g/mol. The molecule has 1 rings (SSSR count). The molecule has 0 spiro atoms. The number of likely N-dealkylation sites (N-methyl/N-ethyl adjacent to an activating group) is 1. The summed E-state index contributed by atoms with van der Waals surface area (Å²) in [4.78, 5) is 25.6. The van der Waals surface area contributed by atoms with Crippen LogP contribution < -0.4 is 10.6 Å². The van der Waals surface area contributed by atoms with Gasteiger partial charge >= 0.3 is 0 Å². The Morgan fingerprint density at radius 2 is 1.89 bits per heavy atom. The van der Waals surface area contributed by atoms with Crippen molar-refractivity contribution in [1.82, 2.24) is 15.5 Å². The van der Waals surface area contributed by atoms with Gasteiger partial charge in [0, 0.05) is 14.1 Å². The third-order valence-corrected chi connectivity index (χ3v) is 3.88. The molecule has 1 saturated heterocycles. The Bertz CT molecular complexity index is 309. The zero-order chi connectivity index (χ0) is 13.8. The van der Waals surface area contributed by atoms with Crippen LogP contribution in [-0.4, -0.2) is 49.9 Å². The fourth-order valence-corrected chi connectivity index (χ4v) is 2.45. The topological polar surface area (TPSA) is 61.4 Å². The van der Waals surface area contributed by atoms with Crippen LogP contribution in [0.3, 0.4) is 0 Å². The largest absolute Gasteiger partial charge is 0.347 e. The molecule has 2 N–H and O–H groups in total. The highest BCUT2D eigenvalue weighted by Gasteiger charge is 2.38. The summed E-state index contributed by atoms with van der Waals surface area (Å²) in [5.74, 6) is -0.0438. The van der Waals surface area contributed by atoms with Gasteiger partial charge in [-0.05, 0) is 39.3 Å². The molecule has 1 aliphatic heterocycles. The summed E-state index contributed by atoms with van der Waals surface area (Å²) in [5, 5.41) is 6.13. The van der Waals surface area contributed by atoms with Gasteiger partial charge in [0.25, 0.3) is 0 Å². The number of carbonyl (C=O) groups is 2. The quantitative estimate of drug-likeness (QED) is 0.762. The van der Waals surface area contributed by atoms with Gasteiger partial charge in [0.1, 0.15) is 6.04 Å². The van der Waals surface area contributed by atoms with Crippen LogP contribution in [0.4, 0.5) is 0 Å². The minimum absolute atomic E-state index is 0.0224. The molecule has 0 bridgehead atoms. The standard InChI is InChI=1S/C13H25N3O2/c1-5-13(6-8-14-9-7-13)12(18)15-10(2)11(17)16(3)4/h10,14H,5-9H2,1-4H3,(H,15,18).